The first-order chi connectivity index (χ1) is 6.36. The molecule has 0 bridgehead atoms. The monoisotopic (exact) mass is 184 g/mol. The van der Waals surface area contributed by atoms with E-state index in [2.05, 4.69) is 5.32 Å². The second-order valence-corrected chi connectivity index (χ2v) is 4.37. The zero-order valence-electron chi connectivity index (χ0n) is 8.17. The molecular formula is C10H20N2O. The fourth-order valence-corrected chi connectivity index (χ4v) is 2.42. The molecule has 0 aliphatic carbocycles. The van der Waals surface area contributed by atoms with Crippen LogP contribution in [-0.4, -0.2) is 32.3 Å². The number of hydrogen-bond acceptors (Lipinski definition) is 3. The van der Waals surface area contributed by atoms with E-state index in [0.717, 1.165) is 32.2 Å². The Morgan fingerprint density at radius 3 is 2.62 bits per heavy atom. The first-order valence-corrected chi connectivity index (χ1v) is 5.40. The highest BCUT2D eigenvalue weighted by Gasteiger charge is 2.27. The van der Waals surface area contributed by atoms with Crippen LogP contribution in [0.4, 0.5) is 0 Å². The maximum absolute atomic E-state index is 6.00. The van der Waals surface area contributed by atoms with Crippen LogP contribution in [0.2, 0.25) is 0 Å². The van der Waals surface area contributed by atoms with Gasteiger partial charge < -0.3 is 15.8 Å². The third kappa shape index (κ3) is 2.42. The molecule has 0 radical (unpaired) electrons. The maximum Gasteiger partial charge on any atom is 0.0468 e. The molecule has 2 saturated heterocycles. The lowest BCUT2D eigenvalue weighted by molar-refractivity contribution is 0.0587. The molecule has 2 aliphatic heterocycles. The topological polar surface area (TPSA) is 47.3 Å². The first kappa shape index (κ1) is 9.44. The summed E-state index contributed by atoms with van der Waals surface area (Å²) in [6.07, 6.45) is 3.78. The highest BCUT2D eigenvalue weighted by atomic mass is 16.5. The van der Waals surface area contributed by atoms with Gasteiger partial charge in [-0.2, -0.15) is 0 Å². The van der Waals surface area contributed by atoms with E-state index in [4.69, 9.17) is 10.5 Å². The molecule has 0 aromatic carbocycles. The second-order valence-electron chi connectivity index (χ2n) is 4.37. The van der Waals surface area contributed by atoms with Gasteiger partial charge in [0.15, 0.2) is 0 Å². The fourth-order valence-electron chi connectivity index (χ4n) is 2.42. The van der Waals surface area contributed by atoms with Gasteiger partial charge in [-0.25, -0.2) is 0 Å². The van der Waals surface area contributed by atoms with E-state index in [1.54, 1.807) is 0 Å². The standard InChI is InChI=1S/C10H20N2O/c11-10-7-12-6-9(10)5-8-1-3-13-4-2-8/h8-10,12H,1-7,11H2/t9-,10+/m0/s1. The van der Waals surface area contributed by atoms with Crippen molar-refractivity contribution in [1.29, 1.82) is 0 Å². The van der Waals surface area contributed by atoms with Gasteiger partial charge in [-0.15, -0.1) is 0 Å². The van der Waals surface area contributed by atoms with Crippen LogP contribution in [-0.2, 0) is 4.74 Å². The van der Waals surface area contributed by atoms with Gasteiger partial charge >= 0.3 is 0 Å². The van der Waals surface area contributed by atoms with Crippen LogP contribution < -0.4 is 11.1 Å². The summed E-state index contributed by atoms with van der Waals surface area (Å²) >= 11 is 0. The molecule has 0 spiro atoms. The summed E-state index contributed by atoms with van der Waals surface area (Å²) in [7, 11) is 0. The average Bonchev–Trinajstić information content (AvgIpc) is 2.54. The van der Waals surface area contributed by atoms with Crippen LogP contribution in [0, 0.1) is 11.8 Å². The van der Waals surface area contributed by atoms with Crippen molar-refractivity contribution in [1.82, 2.24) is 5.32 Å². The highest BCUT2D eigenvalue weighted by Crippen LogP contribution is 2.25. The van der Waals surface area contributed by atoms with Crippen LogP contribution in [0.25, 0.3) is 0 Å². The normalized spacial score (nSPS) is 36.7. The zero-order chi connectivity index (χ0) is 9.10. The summed E-state index contributed by atoms with van der Waals surface area (Å²) in [5.74, 6) is 1.58. The van der Waals surface area contributed by atoms with Gasteiger partial charge in [0.05, 0.1) is 0 Å². The minimum atomic E-state index is 0.392. The van der Waals surface area contributed by atoms with Crippen molar-refractivity contribution in [2.45, 2.75) is 25.3 Å². The van der Waals surface area contributed by atoms with E-state index in [-0.39, 0.29) is 0 Å². The molecule has 76 valence electrons. The van der Waals surface area contributed by atoms with Gasteiger partial charge in [0.1, 0.15) is 0 Å². The summed E-state index contributed by atoms with van der Waals surface area (Å²) in [6, 6.07) is 0.392. The second kappa shape index (κ2) is 4.40. The van der Waals surface area contributed by atoms with E-state index in [1.165, 1.54) is 19.3 Å². The quantitative estimate of drug-likeness (QED) is 0.651. The van der Waals surface area contributed by atoms with Crippen molar-refractivity contribution in [3.05, 3.63) is 0 Å². The zero-order valence-corrected chi connectivity index (χ0v) is 8.17. The van der Waals surface area contributed by atoms with Crippen molar-refractivity contribution in [3.8, 4) is 0 Å². The number of nitrogens with one attached hydrogen (secondary N) is 1. The van der Waals surface area contributed by atoms with E-state index in [9.17, 15) is 0 Å². The van der Waals surface area contributed by atoms with Crippen LogP contribution in [0.1, 0.15) is 19.3 Å². The number of ether oxygens (including phenoxy) is 1. The predicted molar refractivity (Wildman–Crippen MR) is 52.5 cm³/mol. The van der Waals surface area contributed by atoms with Crippen LogP contribution in [0.15, 0.2) is 0 Å². The third-order valence-electron chi connectivity index (χ3n) is 3.37. The molecule has 3 nitrogen and oxygen atoms in total. The lowest BCUT2D eigenvalue weighted by Gasteiger charge is -2.25. The Hall–Kier alpha value is -0.120. The fraction of sp³-hybridized carbons (Fsp3) is 1.00. The Morgan fingerprint density at radius 2 is 2.00 bits per heavy atom. The summed E-state index contributed by atoms with van der Waals surface area (Å²) in [5, 5.41) is 3.36. The predicted octanol–water partition coefficient (Wildman–Crippen LogP) is 0.350. The van der Waals surface area contributed by atoms with E-state index in [1.807, 2.05) is 0 Å². The Bertz CT molecular complexity index is 157. The van der Waals surface area contributed by atoms with Crippen molar-refractivity contribution >= 4 is 0 Å². The van der Waals surface area contributed by atoms with Crippen LogP contribution in [0.5, 0.6) is 0 Å². The van der Waals surface area contributed by atoms with Crippen molar-refractivity contribution < 1.29 is 4.74 Å². The minimum Gasteiger partial charge on any atom is -0.381 e. The molecule has 2 fully saturated rings. The number of nitrogens with two attached hydrogens (primary N) is 1. The largest absolute Gasteiger partial charge is 0.381 e. The van der Waals surface area contributed by atoms with Gasteiger partial charge in [0, 0.05) is 25.8 Å². The lowest BCUT2D eigenvalue weighted by Crippen LogP contribution is -2.31. The Labute approximate surface area is 80.0 Å². The molecule has 3 N–H and O–H groups in total. The third-order valence-corrected chi connectivity index (χ3v) is 3.37. The molecule has 0 aromatic rings. The van der Waals surface area contributed by atoms with Gasteiger partial charge in [0.25, 0.3) is 0 Å². The number of hydrogen-bond donors (Lipinski definition) is 2. The minimum absolute atomic E-state index is 0.392. The van der Waals surface area contributed by atoms with E-state index >= 15 is 0 Å². The molecule has 2 heterocycles. The van der Waals surface area contributed by atoms with Crippen molar-refractivity contribution in [2.75, 3.05) is 26.3 Å². The first-order valence-electron chi connectivity index (χ1n) is 5.40. The Morgan fingerprint density at radius 1 is 1.23 bits per heavy atom. The molecule has 13 heavy (non-hydrogen) atoms. The molecular weight excluding hydrogens is 164 g/mol. The molecule has 2 rings (SSSR count). The SMILES string of the molecule is N[C@@H]1CNC[C@@H]1CC1CCOCC1. The van der Waals surface area contributed by atoms with Gasteiger partial charge in [-0.1, -0.05) is 0 Å². The molecule has 2 aliphatic rings. The molecule has 0 amide bonds. The summed E-state index contributed by atoms with van der Waals surface area (Å²) < 4.78 is 5.34. The number of rotatable bonds is 2. The van der Waals surface area contributed by atoms with E-state index < -0.39 is 0 Å². The summed E-state index contributed by atoms with van der Waals surface area (Å²) in [4.78, 5) is 0. The average molecular weight is 184 g/mol. The summed E-state index contributed by atoms with van der Waals surface area (Å²) in [5.41, 5.74) is 6.00. The van der Waals surface area contributed by atoms with Gasteiger partial charge in [-0.3, -0.25) is 0 Å². The van der Waals surface area contributed by atoms with Gasteiger partial charge in [-0.05, 0) is 37.6 Å². The Balaban J connectivity index is 1.75. The smallest absolute Gasteiger partial charge is 0.0468 e. The highest BCUT2D eigenvalue weighted by molar-refractivity contribution is 4.85. The maximum atomic E-state index is 6.00. The lowest BCUT2D eigenvalue weighted by atomic mass is 9.87. The van der Waals surface area contributed by atoms with Gasteiger partial charge in [0.2, 0.25) is 0 Å². The molecule has 3 heteroatoms. The van der Waals surface area contributed by atoms with E-state index in [0.29, 0.717) is 12.0 Å². The van der Waals surface area contributed by atoms with Crippen molar-refractivity contribution in [3.63, 3.8) is 0 Å². The molecule has 2 atom stereocenters. The molecule has 0 saturated carbocycles. The summed E-state index contributed by atoms with van der Waals surface area (Å²) in [6.45, 7) is 4.05. The van der Waals surface area contributed by atoms with Crippen LogP contribution >= 0.6 is 0 Å². The molecule has 0 aromatic heterocycles. The van der Waals surface area contributed by atoms with Crippen LogP contribution in [0.3, 0.4) is 0 Å². The molecule has 0 unspecified atom stereocenters. The van der Waals surface area contributed by atoms with Crippen molar-refractivity contribution in [2.24, 2.45) is 17.6 Å². The Kier molecular flexibility index (Phi) is 3.19.